The number of methoxy groups -OCH3 is 2. The summed E-state index contributed by atoms with van der Waals surface area (Å²) in [6.07, 6.45) is 5.73. The number of carbonyl (C=O) groups excluding carboxylic acids is 2. The molecular weight excluding hydrogens is 260 g/mol. The van der Waals surface area contributed by atoms with Crippen LogP contribution in [0.5, 0.6) is 0 Å². The van der Waals surface area contributed by atoms with E-state index >= 15 is 0 Å². The smallest absolute Gasteiger partial charge is 0.324 e. The van der Waals surface area contributed by atoms with Crippen molar-refractivity contribution in [3.8, 4) is 11.8 Å². The lowest BCUT2D eigenvalue weighted by atomic mass is 9.79. The molecule has 5 nitrogen and oxygen atoms in total. The Hall–Kier alpha value is -1.80. The van der Waals surface area contributed by atoms with Crippen LogP contribution < -0.4 is 0 Å². The van der Waals surface area contributed by atoms with Crippen LogP contribution in [0.3, 0.4) is 0 Å². The minimum atomic E-state index is -1.34. The molecule has 5 heteroatoms. The fraction of sp³-hybridized carbons (Fsp3) is 0.600. The van der Waals surface area contributed by atoms with E-state index in [1.807, 2.05) is 12.2 Å². The first-order valence-electron chi connectivity index (χ1n) is 6.52. The van der Waals surface area contributed by atoms with Gasteiger partial charge in [0.25, 0.3) is 0 Å². The number of allylic oxidation sites excluding steroid dienone is 1. The highest BCUT2D eigenvalue weighted by Gasteiger charge is 2.47. The summed E-state index contributed by atoms with van der Waals surface area (Å²) in [5, 5.41) is 0. The molecule has 1 aliphatic rings. The number of hydrogen-bond donors (Lipinski definition) is 0. The monoisotopic (exact) mass is 280 g/mol. The van der Waals surface area contributed by atoms with Crippen molar-refractivity contribution in [3.05, 3.63) is 12.2 Å². The van der Waals surface area contributed by atoms with Crippen molar-refractivity contribution in [2.24, 2.45) is 5.41 Å². The van der Waals surface area contributed by atoms with E-state index < -0.39 is 17.4 Å². The Morgan fingerprint density at radius 1 is 1.15 bits per heavy atom. The lowest BCUT2D eigenvalue weighted by Gasteiger charge is -2.26. The van der Waals surface area contributed by atoms with Crippen LogP contribution in [0.25, 0.3) is 0 Å². The van der Waals surface area contributed by atoms with Gasteiger partial charge < -0.3 is 14.2 Å². The van der Waals surface area contributed by atoms with Crippen LogP contribution in [0.2, 0.25) is 0 Å². The van der Waals surface area contributed by atoms with Crippen molar-refractivity contribution in [2.45, 2.75) is 25.7 Å². The fourth-order valence-corrected chi connectivity index (χ4v) is 2.06. The molecule has 1 rings (SSSR count). The average molecular weight is 280 g/mol. The maximum atomic E-state index is 12.1. The molecule has 0 amide bonds. The summed E-state index contributed by atoms with van der Waals surface area (Å²) < 4.78 is 14.8. The third-order valence-electron chi connectivity index (χ3n) is 3.20. The number of ether oxygens (including phenoxy) is 3. The summed E-state index contributed by atoms with van der Waals surface area (Å²) >= 11 is 0. The molecule has 0 saturated carbocycles. The zero-order chi connectivity index (χ0) is 14.8. The van der Waals surface area contributed by atoms with Crippen LogP contribution in [0.4, 0.5) is 0 Å². The quantitative estimate of drug-likeness (QED) is 0.332. The molecule has 0 radical (unpaired) electrons. The van der Waals surface area contributed by atoms with Gasteiger partial charge in [-0.2, -0.15) is 0 Å². The van der Waals surface area contributed by atoms with E-state index in [1.54, 1.807) is 0 Å². The summed E-state index contributed by atoms with van der Waals surface area (Å²) in [6, 6.07) is 0. The van der Waals surface area contributed by atoms with Gasteiger partial charge in [0.1, 0.15) is 6.61 Å². The Bertz CT molecular complexity index is 411. The molecular formula is C15H20O5. The fourth-order valence-electron chi connectivity index (χ4n) is 2.06. The lowest BCUT2D eigenvalue weighted by Crippen LogP contribution is -2.41. The third kappa shape index (κ3) is 4.10. The highest BCUT2D eigenvalue weighted by Crippen LogP contribution is 2.32. The molecule has 0 spiro atoms. The third-order valence-corrected chi connectivity index (χ3v) is 3.20. The largest absolute Gasteiger partial charge is 0.468 e. The standard InChI is InChI=1S/C15H20O5/c1-18-13(16)15(14(17)19-2)9-5-3-4-7-11-20-12-8-6-10-15/h4,7H,3,5,9-12H2,1-2H3/b7-4+. The molecule has 20 heavy (non-hydrogen) atoms. The number of hydrogen-bond acceptors (Lipinski definition) is 5. The van der Waals surface area contributed by atoms with Gasteiger partial charge in [-0.25, -0.2) is 0 Å². The van der Waals surface area contributed by atoms with Gasteiger partial charge in [0.2, 0.25) is 0 Å². The van der Waals surface area contributed by atoms with E-state index in [2.05, 4.69) is 11.8 Å². The van der Waals surface area contributed by atoms with Crippen molar-refractivity contribution in [3.63, 3.8) is 0 Å². The van der Waals surface area contributed by atoms with Crippen molar-refractivity contribution in [1.29, 1.82) is 0 Å². The summed E-state index contributed by atoms with van der Waals surface area (Å²) in [4.78, 5) is 24.1. The number of rotatable bonds is 2. The van der Waals surface area contributed by atoms with Gasteiger partial charge in [0, 0.05) is 6.42 Å². The van der Waals surface area contributed by atoms with Gasteiger partial charge in [-0.15, -0.1) is 0 Å². The zero-order valence-electron chi connectivity index (χ0n) is 11.9. The van der Waals surface area contributed by atoms with Crippen molar-refractivity contribution in [1.82, 2.24) is 0 Å². The van der Waals surface area contributed by atoms with Crippen molar-refractivity contribution >= 4 is 11.9 Å². The summed E-state index contributed by atoms with van der Waals surface area (Å²) in [5.41, 5.74) is -1.34. The van der Waals surface area contributed by atoms with Gasteiger partial charge >= 0.3 is 11.9 Å². The van der Waals surface area contributed by atoms with Crippen LogP contribution in [-0.2, 0) is 23.8 Å². The normalized spacial score (nSPS) is 20.3. The minimum Gasteiger partial charge on any atom is -0.468 e. The Balaban J connectivity index is 3.01. The number of carbonyl (C=O) groups is 2. The van der Waals surface area contributed by atoms with E-state index in [0.717, 1.165) is 6.42 Å². The van der Waals surface area contributed by atoms with Crippen LogP contribution >= 0.6 is 0 Å². The Morgan fingerprint density at radius 2 is 1.85 bits per heavy atom. The molecule has 0 N–H and O–H groups in total. The molecule has 1 heterocycles. The zero-order valence-corrected chi connectivity index (χ0v) is 11.9. The highest BCUT2D eigenvalue weighted by molar-refractivity contribution is 6.00. The molecule has 0 unspecified atom stereocenters. The summed E-state index contributed by atoms with van der Waals surface area (Å²) in [7, 11) is 2.53. The Labute approximate surface area is 119 Å². The molecule has 0 aromatic carbocycles. The van der Waals surface area contributed by atoms with E-state index in [1.165, 1.54) is 14.2 Å². The van der Waals surface area contributed by atoms with Crippen LogP contribution in [0, 0.1) is 17.3 Å². The summed E-state index contributed by atoms with van der Waals surface area (Å²) in [6.45, 7) is 0.788. The first-order chi connectivity index (χ1) is 9.67. The van der Waals surface area contributed by atoms with E-state index in [4.69, 9.17) is 14.2 Å². The van der Waals surface area contributed by atoms with Crippen LogP contribution in [-0.4, -0.2) is 39.4 Å². The molecule has 0 bridgehead atoms. The van der Waals surface area contributed by atoms with Crippen molar-refractivity contribution in [2.75, 3.05) is 27.4 Å². The second-order valence-corrected chi connectivity index (χ2v) is 4.47. The molecule has 0 atom stereocenters. The van der Waals surface area contributed by atoms with Gasteiger partial charge in [-0.1, -0.05) is 24.0 Å². The van der Waals surface area contributed by atoms with Gasteiger partial charge in [0.05, 0.1) is 20.8 Å². The van der Waals surface area contributed by atoms with E-state index in [-0.39, 0.29) is 13.0 Å². The maximum Gasteiger partial charge on any atom is 0.324 e. The maximum absolute atomic E-state index is 12.1. The van der Waals surface area contributed by atoms with Crippen LogP contribution in [0.1, 0.15) is 25.7 Å². The minimum absolute atomic E-state index is 0.0828. The predicted octanol–water partition coefficient (Wildman–Crippen LogP) is 1.47. The van der Waals surface area contributed by atoms with E-state index in [0.29, 0.717) is 19.4 Å². The average Bonchev–Trinajstić information content (AvgIpc) is 2.46. The molecule has 0 saturated heterocycles. The molecule has 110 valence electrons. The van der Waals surface area contributed by atoms with Gasteiger partial charge in [0.15, 0.2) is 5.41 Å². The topological polar surface area (TPSA) is 61.8 Å². The first-order valence-corrected chi connectivity index (χ1v) is 6.52. The number of esters is 2. The summed E-state index contributed by atoms with van der Waals surface area (Å²) in [5.74, 6) is 4.42. The molecule has 1 aliphatic heterocycles. The van der Waals surface area contributed by atoms with Crippen molar-refractivity contribution < 1.29 is 23.8 Å². The van der Waals surface area contributed by atoms with Gasteiger partial charge in [-0.05, 0) is 19.3 Å². The second kappa shape index (κ2) is 8.39. The SMILES string of the molecule is COC(=O)C1(C(=O)OC)CC#CCOC/C=C/CCC1. The highest BCUT2D eigenvalue weighted by atomic mass is 16.5. The Kier molecular flexibility index (Phi) is 6.82. The van der Waals surface area contributed by atoms with Crippen LogP contribution in [0.15, 0.2) is 12.2 Å². The van der Waals surface area contributed by atoms with Gasteiger partial charge in [-0.3, -0.25) is 9.59 Å². The molecule has 0 aromatic rings. The van der Waals surface area contributed by atoms with E-state index in [9.17, 15) is 9.59 Å². The Morgan fingerprint density at radius 3 is 2.50 bits per heavy atom. The predicted molar refractivity (Wildman–Crippen MR) is 72.7 cm³/mol. The second-order valence-electron chi connectivity index (χ2n) is 4.47. The lowest BCUT2D eigenvalue weighted by molar-refractivity contribution is -0.169. The first kappa shape index (κ1) is 16.3. The molecule has 0 aliphatic carbocycles. The molecule has 0 fully saturated rings. The molecule has 0 aromatic heterocycles.